The number of hydrogen-bond acceptors (Lipinski definition) is 4. The first-order valence-corrected chi connectivity index (χ1v) is 9.73. The Morgan fingerprint density at radius 1 is 0.964 bits per heavy atom. The van der Waals surface area contributed by atoms with Crippen LogP contribution >= 0.6 is 15.9 Å². The number of nitro benzene ring substituents is 1. The van der Waals surface area contributed by atoms with Crippen LogP contribution < -0.4 is 5.32 Å². The van der Waals surface area contributed by atoms with Gasteiger partial charge in [0.05, 0.1) is 17.1 Å². The van der Waals surface area contributed by atoms with Crippen molar-refractivity contribution in [2.45, 2.75) is 25.5 Å². The van der Waals surface area contributed by atoms with Gasteiger partial charge in [0, 0.05) is 28.7 Å². The average Bonchev–Trinajstić information content (AvgIpc) is 2.69. The Morgan fingerprint density at radius 2 is 1.54 bits per heavy atom. The molecule has 144 valence electrons. The van der Waals surface area contributed by atoms with Gasteiger partial charge in [-0.3, -0.25) is 10.1 Å². The second-order valence-electron chi connectivity index (χ2n) is 6.71. The Labute approximate surface area is 172 Å². The van der Waals surface area contributed by atoms with Crippen molar-refractivity contribution in [1.82, 2.24) is 0 Å². The van der Waals surface area contributed by atoms with Crippen molar-refractivity contribution in [2.75, 3.05) is 5.32 Å². The highest BCUT2D eigenvalue weighted by Gasteiger charge is 2.18. The minimum Gasteiger partial charge on any atom is -0.388 e. The number of halogens is 1. The van der Waals surface area contributed by atoms with E-state index in [2.05, 4.69) is 21.2 Å². The maximum Gasteiger partial charge on any atom is 0.269 e. The number of aryl methyl sites for hydroxylation is 1. The summed E-state index contributed by atoms with van der Waals surface area (Å²) in [6.45, 7) is 2.01. The molecule has 0 saturated carbocycles. The maximum absolute atomic E-state index is 10.9. The van der Waals surface area contributed by atoms with Crippen molar-refractivity contribution < 1.29 is 10.0 Å². The number of aliphatic hydroxyl groups is 1. The molecule has 0 fully saturated rings. The molecule has 0 spiro atoms. The molecule has 3 aromatic carbocycles. The van der Waals surface area contributed by atoms with Crippen molar-refractivity contribution in [3.8, 4) is 0 Å². The molecule has 2 unspecified atom stereocenters. The van der Waals surface area contributed by atoms with Gasteiger partial charge in [0.25, 0.3) is 5.69 Å². The van der Waals surface area contributed by atoms with Gasteiger partial charge in [0.15, 0.2) is 0 Å². The van der Waals surface area contributed by atoms with Gasteiger partial charge in [-0.25, -0.2) is 0 Å². The summed E-state index contributed by atoms with van der Waals surface area (Å²) in [5, 5.41) is 25.0. The molecule has 2 N–H and O–H groups in total. The largest absolute Gasteiger partial charge is 0.388 e. The first-order chi connectivity index (χ1) is 13.4. The molecule has 28 heavy (non-hydrogen) atoms. The fourth-order valence-electron chi connectivity index (χ4n) is 3.00. The number of nitrogens with zero attached hydrogens (tertiary/aromatic N) is 1. The van der Waals surface area contributed by atoms with Crippen molar-refractivity contribution in [3.63, 3.8) is 0 Å². The number of rotatable bonds is 7. The highest BCUT2D eigenvalue weighted by Crippen LogP contribution is 2.31. The van der Waals surface area contributed by atoms with Crippen LogP contribution in [0.4, 0.5) is 11.4 Å². The Kier molecular flexibility index (Phi) is 6.44. The summed E-state index contributed by atoms with van der Waals surface area (Å²) in [6.07, 6.45) is -0.179. The summed E-state index contributed by atoms with van der Waals surface area (Å²) in [5.41, 5.74) is 3.83. The number of hydrogen-bond donors (Lipinski definition) is 2. The van der Waals surface area contributed by atoms with Crippen LogP contribution in [-0.2, 0) is 0 Å². The Hall–Kier alpha value is -2.70. The quantitative estimate of drug-likeness (QED) is 0.351. The van der Waals surface area contributed by atoms with Gasteiger partial charge in [-0.2, -0.15) is 0 Å². The van der Waals surface area contributed by atoms with E-state index in [9.17, 15) is 15.2 Å². The van der Waals surface area contributed by atoms with Crippen molar-refractivity contribution in [3.05, 3.63) is 104 Å². The lowest BCUT2D eigenvalue weighted by atomic mass is 9.96. The predicted octanol–water partition coefficient (Wildman–Crippen LogP) is 5.94. The second kappa shape index (κ2) is 8.99. The van der Waals surface area contributed by atoms with Gasteiger partial charge in [-0.15, -0.1) is 0 Å². The lowest BCUT2D eigenvalue weighted by molar-refractivity contribution is -0.384. The summed E-state index contributed by atoms with van der Waals surface area (Å²) in [7, 11) is 0. The van der Waals surface area contributed by atoms with Crippen LogP contribution in [0.15, 0.2) is 77.3 Å². The number of nitro groups is 1. The number of aliphatic hydroxyl groups excluding tert-OH is 1. The molecule has 0 aliphatic heterocycles. The highest BCUT2D eigenvalue weighted by molar-refractivity contribution is 9.10. The summed E-state index contributed by atoms with van der Waals surface area (Å²) in [5.74, 6) is 0. The fourth-order valence-corrected chi connectivity index (χ4v) is 3.27. The maximum atomic E-state index is 10.9. The van der Waals surface area contributed by atoms with Gasteiger partial charge < -0.3 is 10.4 Å². The first-order valence-electron chi connectivity index (χ1n) is 8.93. The average molecular weight is 441 g/mol. The van der Waals surface area contributed by atoms with Crippen LogP contribution in [0.2, 0.25) is 0 Å². The van der Waals surface area contributed by atoms with Gasteiger partial charge in [0.1, 0.15) is 0 Å². The van der Waals surface area contributed by atoms with Crippen LogP contribution in [0.1, 0.15) is 35.3 Å². The summed E-state index contributed by atoms with van der Waals surface area (Å²) >= 11 is 3.44. The summed E-state index contributed by atoms with van der Waals surface area (Å²) < 4.78 is 0.976. The molecule has 5 nitrogen and oxygen atoms in total. The molecule has 2 atom stereocenters. The fraction of sp³-hybridized carbons (Fsp3) is 0.182. The molecule has 0 bridgehead atoms. The Morgan fingerprint density at radius 3 is 2.11 bits per heavy atom. The van der Waals surface area contributed by atoms with Crippen LogP contribution in [-0.4, -0.2) is 10.0 Å². The Balaban J connectivity index is 1.83. The third-order valence-electron chi connectivity index (χ3n) is 4.61. The van der Waals surface area contributed by atoms with Gasteiger partial charge >= 0.3 is 0 Å². The predicted molar refractivity (Wildman–Crippen MR) is 114 cm³/mol. The SMILES string of the molecule is Cc1ccc(C(O)CC(Nc2ccc([N+](=O)[O-])cc2)c2ccc(Br)cc2)cc1. The number of non-ortho nitro benzene ring substituents is 1. The first kappa shape index (κ1) is 20.0. The van der Waals surface area contributed by atoms with E-state index in [0.717, 1.165) is 26.9 Å². The van der Waals surface area contributed by atoms with Crippen LogP contribution in [0, 0.1) is 17.0 Å². The normalized spacial score (nSPS) is 13.0. The zero-order valence-electron chi connectivity index (χ0n) is 15.4. The molecule has 0 aliphatic carbocycles. The van der Waals surface area contributed by atoms with Crippen LogP contribution in [0.25, 0.3) is 0 Å². The number of anilines is 1. The molecular weight excluding hydrogens is 420 g/mol. The summed E-state index contributed by atoms with van der Waals surface area (Å²) in [4.78, 5) is 10.4. The molecule has 6 heteroatoms. The van der Waals surface area contributed by atoms with E-state index < -0.39 is 11.0 Å². The zero-order valence-corrected chi connectivity index (χ0v) is 17.0. The minimum atomic E-state index is -0.639. The van der Waals surface area contributed by atoms with Crippen molar-refractivity contribution >= 4 is 27.3 Å². The van der Waals surface area contributed by atoms with Crippen molar-refractivity contribution in [2.24, 2.45) is 0 Å². The number of nitrogens with one attached hydrogen (secondary N) is 1. The van der Waals surface area contributed by atoms with E-state index in [1.165, 1.54) is 12.1 Å². The van der Waals surface area contributed by atoms with E-state index >= 15 is 0 Å². The second-order valence-corrected chi connectivity index (χ2v) is 7.63. The van der Waals surface area contributed by atoms with Crippen LogP contribution in [0.3, 0.4) is 0 Å². The van der Waals surface area contributed by atoms with Crippen molar-refractivity contribution in [1.29, 1.82) is 0 Å². The van der Waals surface area contributed by atoms with Crippen LogP contribution in [0.5, 0.6) is 0 Å². The molecule has 0 aromatic heterocycles. The third kappa shape index (κ3) is 5.18. The topological polar surface area (TPSA) is 75.4 Å². The van der Waals surface area contributed by atoms with E-state index in [-0.39, 0.29) is 11.7 Å². The molecule has 0 heterocycles. The Bertz CT molecular complexity index is 926. The minimum absolute atomic E-state index is 0.0467. The van der Waals surface area contributed by atoms with Gasteiger partial charge in [0.2, 0.25) is 0 Å². The molecule has 0 saturated heterocycles. The smallest absolute Gasteiger partial charge is 0.269 e. The monoisotopic (exact) mass is 440 g/mol. The molecular formula is C22H21BrN2O3. The van der Waals surface area contributed by atoms with Gasteiger partial charge in [-0.1, -0.05) is 57.9 Å². The highest BCUT2D eigenvalue weighted by atomic mass is 79.9. The lowest BCUT2D eigenvalue weighted by Crippen LogP contribution is -2.15. The summed E-state index contributed by atoms with van der Waals surface area (Å²) in [6, 6.07) is 21.9. The molecule has 0 aliphatic rings. The van der Waals surface area contributed by atoms with E-state index in [1.807, 2.05) is 55.5 Å². The molecule has 0 radical (unpaired) electrons. The van der Waals surface area contributed by atoms with E-state index in [1.54, 1.807) is 12.1 Å². The van der Waals surface area contributed by atoms with Gasteiger partial charge in [-0.05, 0) is 42.3 Å². The number of benzene rings is 3. The lowest BCUT2D eigenvalue weighted by Gasteiger charge is -2.24. The third-order valence-corrected chi connectivity index (χ3v) is 5.14. The standard InChI is InChI=1S/C22H21BrN2O3/c1-15-2-4-17(5-3-15)22(26)14-21(16-6-8-18(23)9-7-16)24-19-10-12-20(13-11-19)25(27)28/h2-13,21-22,24,26H,14H2,1H3. The molecule has 3 rings (SSSR count). The van der Waals surface area contributed by atoms with E-state index in [4.69, 9.17) is 0 Å². The molecule has 3 aromatic rings. The van der Waals surface area contributed by atoms with E-state index in [0.29, 0.717) is 6.42 Å². The zero-order chi connectivity index (χ0) is 20.1. The molecule has 0 amide bonds.